The highest BCUT2D eigenvalue weighted by Gasteiger charge is 2.14. The average Bonchev–Trinajstić information content (AvgIpc) is 2.59. The van der Waals surface area contributed by atoms with Crippen molar-refractivity contribution < 1.29 is 13.2 Å². The smallest absolute Gasteiger partial charge is 0.240 e. The minimum Gasteiger partial charge on any atom is -0.379 e. The molecule has 1 heterocycles. The van der Waals surface area contributed by atoms with Crippen LogP contribution < -0.4 is 4.72 Å². The first kappa shape index (κ1) is 19.1. The fourth-order valence-electron chi connectivity index (χ4n) is 2.75. The summed E-state index contributed by atoms with van der Waals surface area (Å²) in [7, 11) is -3.45. The average molecular weight is 371 g/mol. The van der Waals surface area contributed by atoms with Gasteiger partial charge in [0.25, 0.3) is 0 Å². The molecule has 1 saturated heterocycles. The lowest BCUT2D eigenvalue weighted by atomic mass is 10.1. The number of fused-ring (bicyclic) bond motifs is 1. The lowest BCUT2D eigenvalue weighted by Crippen LogP contribution is -2.38. The quantitative estimate of drug-likeness (QED) is 0.792. The van der Waals surface area contributed by atoms with Gasteiger partial charge in [0, 0.05) is 19.6 Å². The highest BCUT2D eigenvalue weighted by Crippen LogP contribution is 2.18. The molecule has 0 aliphatic carbocycles. The Morgan fingerprint density at radius 2 is 1.75 bits per heavy atom. The molecule has 0 atom stereocenters. The molecule has 0 aromatic heterocycles. The van der Waals surface area contributed by atoms with Gasteiger partial charge in [-0.25, -0.2) is 13.1 Å². The number of sulfonamides is 1. The third-order valence-electron chi connectivity index (χ3n) is 4.08. The lowest BCUT2D eigenvalue weighted by Gasteiger charge is -2.26. The molecule has 0 bridgehead atoms. The van der Waals surface area contributed by atoms with E-state index in [0.717, 1.165) is 50.0 Å². The molecule has 5 nitrogen and oxygen atoms in total. The first-order valence-electron chi connectivity index (χ1n) is 7.94. The predicted octanol–water partition coefficient (Wildman–Crippen LogP) is 2.26. The van der Waals surface area contributed by atoms with E-state index < -0.39 is 10.0 Å². The van der Waals surface area contributed by atoms with Gasteiger partial charge >= 0.3 is 0 Å². The van der Waals surface area contributed by atoms with E-state index in [9.17, 15) is 8.42 Å². The van der Waals surface area contributed by atoms with Crippen molar-refractivity contribution in [3.05, 3.63) is 42.5 Å². The maximum atomic E-state index is 12.4. The van der Waals surface area contributed by atoms with Crippen LogP contribution >= 0.6 is 12.4 Å². The minimum absolute atomic E-state index is 0. The van der Waals surface area contributed by atoms with Crippen molar-refractivity contribution in [2.45, 2.75) is 11.3 Å². The van der Waals surface area contributed by atoms with Gasteiger partial charge in [-0.15, -0.1) is 12.4 Å². The van der Waals surface area contributed by atoms with E-state index in [1.165, 1.54) is 0 Å². The Morgan fingerprint density at radius 3 is 2.50 bits per heavy atom. The summed E-state index contributed by atoms with van der Waals surface area (Å²) in [6.07, 6.45) is 0.798. The Labute approximate surface area is 149 Å². The molecular formula is C17H23ClN2O3S. The summed E-state index contributed by atoms with van der Waals surface area (Å²) in [6, 6.07) is 13.0. The number of rotatable bonds is 6. The number of ether oxygens (including phenoxy) is 1. The third kappa shape index (κ3) is 4.91. The normalized spacial score (nSPS) is 16.0. The Morgan fingerprint density at radius 1 is 1.04 bits per heavy atom. The number of halogens is 1. The molecule has 1 aliphatic heterocycles. The lowest BCUT2D eigenvalue weighted by molar-refractivity contribution is 0.0376. The molecule has 0 saturated carbocycles. The summed E-state index contributed by atoms with van der Waals surface area (Å²) in [5.41, 5.74) is 0. The van der Waals surface area contributed by atoms with E-state index in [1.807, 2.05) is 30.3 Å². The molecule has 1 aliphatic rings. The van der Waals surface area contributed by atoms with Crippen LogP contribution in [0.1, 0.15) is 6.42 Å². The summed E-state index contributed by atoms with van der Waals surface area (Å²) in [5.74, 6) is 0. The molecular weight excluding hydrogens is 348 g/mol. The predicted molar refractivity (Wildman–Crippen MR) is 98.3 cm³/mol. The van der Waals surface area contributed by atoms with Crippen LogP contribution in [-0.4, -0.2) is 52.7 Å². The van der Waals surface area contributed by atoms with Gasteiger partial charge in [-0.3, -0.25) is 4.90 Å². The molecule has 3 rings (SSSR count). The molecule has 0 unspecified atom stereocenters. The zero-order chi connectivity index (χ0) is 16.1. The van der Waals surface area contributed by atoms with Gasteiger partial charge in [0.05, 0.1) is 18.1 Å². The summed E-state index contributed by atoms with van der Waals surface area (Å²) in [6.45, 7) is 4.73. The van der Waals surface area contributed by atoms with Gasteiger partial charge in [0.15, 0.2) is 0 Å². The molecule has 1 fully saturated rings. The first-order valence-corrected chi connectivity index (χ1v) is 9.42. The van der Waals surface area contributed by atoms with Crippen LogP contribution in [0.15, 0.2) is 47.4 Å². The second-order valence-electron chi connectivity index (χ2n) is 5.71. The van der Waals surface area contributed by atoms with E-state index in [1.54, 1.807) is 12.1 Å². The van der Waals surface area contributed by atoms with Crippen molar-refractivity contribution in [1.29, 1.82) is 0 Å². The van der Waals surface area contributed by atoms with Crippen molar-refractivity contribution in [2.24, 2.45) is 0 Å². The molecule has 0 radical (unpaired) electrons. The molecule has 1 N–H and O–H groups in total. The van der Waals surface area contributed by atoms with Crippen molar-refractivity contribution in [3.8, 4) is 0 Å². The zero-order valence-electron chi connectivity index (χ0n) is 13.5. The van der Waals surface area contributed by atoms with Gasteiger partial charge in [-0.1, -0.05) is 30.3 Å². The van der Waals surface area contributed by atoms with Crippen LogP contribution in [0, 0.1) is 0 Å². The van der Waals surface area contributed by atoms with E-state index >= 15 is 0 Å². The first-order chi connectivity index (χ1) is 11.1. The number of nitrogens with zero attached hydrogens (tertiary/aromatic N) is 1. The summed E-state index contributed by atoms with van der Waals surface area (Å²) in [4.78, 5) is 2.62. The summed E-state index contributed by atoms with van der Waals surface area (Å²) in [5, 5.41) is 1.97. The van der Waals surface area contributed by atoms with E-state index in [4.69, 9.17) is 4.74 Å². The minimum atomic E-state index is -3.45. The van der Waals surface area contributed by atoms with Crippen molar-refractivity contribution in [3.63, 3.8) is 0 Å². The maximum Gasteiger partial charge on any atom is 0.240 e. The Kier molecular flexibility index (Phi) is 7.01. The topological polar surface area (TPSA) is 58.6 Å². The van der Waals surface area contributed by atoms with Crippen LogP contribution in [0.3, 0.4) is 0 Å². The number of hydrogen-bond acceptors (Lipinski definition) is 4. The molecule has 0 amide bonds. The fraction of sp³-hybridized carbons (Fsp3) is 0.412. The molecule has 132 valence electrons. The Hall–Kier alpha value is -1.18. The molecule has 7 heteroatoms. The van der Waals surface area contributed by atoms with Crippen LogP contribution in [-0.2, 0) is 14.8 Å². The largest absolute Gasteiger partial charge is 0.379 e. The van der Waals surface area contributed by atoms with Gasteiger partial charge in [0.2, 0.25) is 10.0 Å². The molecule has 0 spiro atoms. The second-order valence-corrected chi connectivity index (χ2v) is 7.48. The number of hydrogen-bond donors (Lipinski definition) is 1. The van der Waals surface area contributed by atoms with Gasteiger partial charge in [-0.05, 0) is 35.9 Å². The molecule has 2 aromatic rings. The second kappa shape index (κ2) is 8.78. The van der Waals surface area contributed by atoms with Crippen LogP contribution in [0.2, 0.25) is 0 Å². The van der Waals surface area contributed by atoms with E-state index in [2.05, 4.69) is 9.62 Å². The Bertz CT molecular complexity index is 761. The Balaban J connectivity index is 0.00000208. The van der Waals surface area contributed by atoms with Crippen LogP contribution in [0.5, 0.6) is 0 Å². The zero-order valence-corrected chi connectivity index (χ0v) is 15.1. The van der Waals surface area contributed by atoms with E-state index in [0.29, 0.717) is 11.4 Å². The summed E-state index contributed by atoms with van der Waals surface area (Å²) >= 11 is 0. The highest BCUT2D eigenvalue weighted by molar-refractivity contribution is 7.89. The number of benzene rings is 2. The van der Waals surface area contributed by atoms with Crippen molar-refractivity contribution in [1.82, 2.24) is 9.62 Å². The standard InChI is InChI=1S/C17H22N2O3S.ClH/c20-23(21,18-8-3-9-19-10-12-22-13-11-19)17-7-6-15-4-1-2-5-16(15)14-17;/h1-2,4-7,14,18H,3,8-13H2;1H. The number of nitrogens with one attached hydrogen (secondary N) is 1. The highest BCUT2D eigenvalue weighted by atomic mass is 35.5. The summed E-state index contributed by atoms with van der Waals surface area (Å²) < 4.78 is 32.8. The SMILES string of the molecule is Cl.O=S(=O)(NCCCN1CCOCC1)c1ccc2ccccc2c1. The number of morpholine rings is 1. The van der Waals surface area contributed by atoms with Crippen LogP contribution in [0.4, 0.5) is 0 Å². The maximum absolute atomic E-state index is 12.4. The van der Waals surface area contributed by atoms with E-state index in [-0.39, 0.29) is 12.4 Å². The fourth-order valence-corrected chi connectivity index (χ4v) is 3.86. The van der Waals surface area contributed by atoms with Gasteiger partial charge < -0.3 is 4.74 Å². The monoisotopic (exact) mass is 370 g/mol. The van der Waals surface area contributed by atoms with Gasteiger partial charge in [0.1, 0.15) is 0 Å². The van der Waals surface area contributed by atoms with Gasteiger partial charge in [-0.2, -0.15) is 0 Å². The van der Waals surface area contributed by atoms with Crippen LogP contribution in [0.25, 0.3) is 10.8 Å². The van der Waals surface area contributed by atoms with Crippen molar-refractivity contribution >= 4 is 33.2 Å². The molecule has 24 heavy (non-hydrogen) atoms. The molecule has 2 aromatic carbocycles. The van der Waals surface area contributed by atoms with Crippen molar-refractivity contribution in [2.75, 3.05) is 39.4 Å². The third-order valence-corrected chi connectivity index (χ3v) is 5.54.